The highest BCUT2D eigenvalue weighted by atomic mass is 16.7. The molecule has 17 heavy (non-hydrogen) atoms. The van der Waals surface area contributed by atoms with Gasteiger partial charge in [-0.1, -0.05) is 12.1 Å². The zero-order valence-corrected chi connectivity index (χ0v) is 9.30. The van der Waals surface area contributed by atoms with Gasteiger partial charge in [-0.15, -0.1) is 0 Å². The number of rotatable bonds is 5. The van der Waals surface area contributed by atoms with Crippen molar-refractivity contribution in [3.63, 3.8) is 0 Å². The quantitative estimate of drug-likeness (QED) is 0.614. The smallest absolute Gasteiger partial charge is 0.331 e. The Morgan fingerprint density at radius 2 is 1.94 bits per heavy atom. The van der Waals surface area contributed by atoms with E-state index in [0.717, 1.165) is 11.5 Å². The molecule has 0 saturated carbocycles. The lowest BCUT2D eigenvalue weighted by atomic mass is 10.3. The Kier molecular flexibility index (Phi) is 3.82. The molecule has 1 aliphatic heterocycles. The SMILES string of the molecule is O=C(CO)OCCCC1Oc2ccccc2O1. The monoisotopic (exact) mass is 238 g/mol. The number of hydrogen-bond donors (Lipinski definition) is 1. The van der Waals surface area contributed by atoms with Crippen LogP contribution >= 0.6 is 0 Å². The van der Waals surface area contributed by atoms with Crippen LogP contribution in [-0.4, -0.2) is 30.6 Å². The van der Waals surface area contributed by atoms with Crippen molar-refractivity contribution >= 4 is 5.97 Å². The van der Waals surface area contributed by atoms with Crippen LogP contribution in [0.1, 0.15) is 12.8 Å². The van der Waals surface area contributed by atoms with E-state index in [9.17, 15) is 4.79 Å². The molecular formula is C12H14O5. The summed E-state index contributed by atoms with van der Waals surface area (Å²) in [7, 11) is 0. The first-order valence-corrected chi connectivity index (χ1v) is 5.48. The number of benzene rings is 1. The standard InChI is InChI=1S/C12H14O5/c13-8-11(14)15-7-3-6-12-16-9-4-1-2-5-10(9)17-12/h1-2,4-5,12-13H,3,6-8H2. The number of carbonyl (C=O) groups is 1. The van der Waals surface area contributed by atoms with Crippen molar-refractivity contribution in [3.8, 4) is 11.5 Å². The zero-order valence-electron chi connectivity index (χ0n) is 9.30. The van der Waals surface area contributed by atoms with Crippen LogP contribution in [0.5, 0.6) is 11.5 Å². The molecule has 92 valence electrons. The van der Waals surface area contributed by atoms with Crippen LogP contribution < -0.4 is 9.47 Å². The van der Waals surface area contributed by atoms with Crippen LogP contribution in [0.15, 0.2) is 24.3 Å². The van der Waals surface area contributed by atoms with Crippen LogP contribution in [-0.2, 0) is 9.53 Å². The Hall–Kier alpha value is -1.75. The first kappa shape index (κ1) is 11.7. The van der Waals surface area contributed by atoms with Gasteiger partial charge in [-0.2, -0.15) is 0 Å². The van der Waals surface area contributed by atoms with E-state index < -0.39 is 12.6 Å². The third-order valence-corrected chi connectivity index (χ3v) is 2.34. The van der Waals surface area contributed by atoms with Gasteiger partial charge in [0, 0.05) is 6.42 Å². The van der Waals surface area contributed by atoms with E-state index in [4.69, 9.17) is 19.3 Å². The van der Waals surface area contributed by atoms with Gasteiger partial charge in [0.05, 0.1) is 6.61 Å². The Morgan fingerprint density at radius 1 is 1.29 bits per heavy atom. The molecule has 1 heterocycles. The van der Waals surface area contributed by atoms with Gasteiger partial charge in [0.15, 0.2) is 11.5 Å². The van der Waals surface area contributed by atoms with E-state index in [0.29, 0.717) is 12.8 Å². The fourth-order valence-electron chi connectivity index (χ4n) is 1.55. The molecule has 1 aromatic rings. The van der Waals surface area contributed by atoms with Gasteiger partial charge < -0.3 is 19.3 Å². The Morgan fingerprint density at radius 3 is 2.53 bits per heavy atom. The summed E-state index contributed by atoms with van der Waals surface area (Å²) in [6.45, 7) is -0.319. The summed E-state index contributed by atoms with van der Waals surface area (Å²) < 4.78 is 15.8. The molecule has 0 fully saturated rings. The van der Waals surface area contributed by atoms with Gasteiger partial charge in [-0.3, -0.25) is 0 Å². The van der Waals surface area contributed by atoms with Crippen molar-refractivity contribution in [1.29, 1.82) is 0 Å². The fourth-order valence-corrected chi connectivity index (χ4v) is 1.55. The van der Waals surface area contributed by atoms with Gasteiger partial charge >= 0.3 is 5.97 Å². The fraction of sp³-hybridized carbons (Fsp3) is 0.417. The van der Waals surface area contributed by atoms with E-state index in [1.807, 2.05) is 24.3 Å². The van der Waals surface area contributed by atoms with Crippen molar-refractivity contribution in [2.45, 2.75) is 19.1 Å². The second-order valence-corrected chi connectivity index (χ2v) is 3.63. The number of aliphatic hydroxyl groups is 1. The average Bonchev–Trinajstić information content (AvgIpc) is 2.76. The Balaban J connectivity index is 1.68. The zero-order chi connectivity index (χ0) is 12.1. The normalized spacial score (nSPS) is 13.7. The van der Waals surface area contributed by atoms with Gasteiger partial charge in [0.25, 0.3) is 0 Å². The van der Waals surface area contributed by atoms with Crippen molar-refractivity contribution in [3.05, 3.63) is 24.3 Å². The third kappa shape index (κ3) is 3.10. The largest absolute Gasteiger partial charge is 0.464 e. The highest BCUT2D eigenvalue weighted by Gasteiger charge is 2.22. The summed E-state index contributed by atoms with van der Waals surface area (Å²) in [5.74, 6) is 0.872. The molecule has 1 aromatic carbocycles. The van der Waals surface area contributed by atoms with E-state index in [2.05, 4.69) is 0 Å². The van der Waals surface area contributed by atoms with Crippen molar-refractivity contribution < 1.29 is 24.1 Å². The summed E-state index contributed by atoms with van der Waals surface area (Å²) in [5, 5.41) is 8.44. The lowest BCUT2D eigenvalue weighted by Gasteiger charge is -2.09. The molecule has 0 bridgehead atoms. The van der Waals surface area contributed by atoms with Crippen LogP contribution in [0.2, 0.25) is 0 Å². The van der Waals surface area contributed by atoms with Crippen molar-refractivity contribution in [1.82, 2.24) is 0 Å². The molecule has 0 unspecified atom stereocenters. The van der Waals surface area contributed by atoms with Crippen LogP contribution in [0.3, 0.4) is 0 Å². The van der Waals surface area contributed by atoms with Crippen LogP contribution in [0.25, 0.3) is 0 Å². The van der Waals surface area contributed by atoms with Gasteiger partial charge in [0.2, 0.25) is 6.29 Å². The van der Waals surface area contributed by atoms with Crippen molar-refractivity contribution in [2.24, 2.45) is 0 Å². The summed E-state index contributed by atoms with van der Waals surface area (Å²) in [6, 6.07) is 7.46. The second kappa shape index (κ2) is 5.54. The number of para-hydroxylation sites is 2. The maximum Gasteiger partial charge on any atom is 0.331 e. The number of ether oxygens (including phenoxy) is 3. The molecule has 1 aliphatic rings. The molecule has 5 nitrogen and oxygen atoms in total. The number of esters is 1. The maximum absolute atomic E-state index is 10.7. The van der Waals surface area contributed by atoms with Crippen molar-refractivity contribution in [2.75, 3.05) is 13.2 Å². The third-order valence-electron chi connectivity index (χ3n) is 2.34. The first-order valence-electron chi connectivity index (χ1n) is 5.48. The highest BCUT2D eigenvalue weighted by Crippen LogP contribution is 2.34. The molecular weight excluding hydrogens is 224 g/mol. The lowest BCUT2D eigenvalue weighted by molar-refractivity contribution is -0.147. The number of aliphatic hydroxyl groups excluding tert-OH is 1. The summed E-state index contributed by atoms with van der Waals surface area (Å²) in [5.41, 5.74) is 0. The Bertz CT molecular complexity index is 365. The number of carbonyl (C=O) groups excluding carboxylic acids is 1. The summed E-state index contributed by atoms with van der Waals surface area (Å²) in [6.07, 6.45) is 0.942. The molecule has 0 amide bonds. The minimum atomic E-state index is -0.610. The van der Waals surface area contributed by atoms with Gasteiger partial charge in [0.1, 0.15) is 6.61 Å². The molecule has 0 aliphatic carbocycles. The van der Waals surface area contributed by atoms with E-state index >= 15 is 0 Å². The van der Waals surface area contributed by atoms with E-state index in [1.54, 1.807) is 0 Å². The molecule has 0 radical (unpaired) electrons. The highest BCUT2D eigenvalue weighted by molar-refractivity contribution is 5.70. The molecule has 0 atom stereocenters. The maximum atomic E-state index is 10.7. The molecule has 1 N–H and O–H groups in total. The van der Waals surface area contributed by atoms with Crippen LogP contribution in [0, 0.1) is 0 Å². The topological polar surface area (TPSA) is 65.0 Å². The van der Waals surface area contributed by atoms with Gasteiger partial charge in [-0.05, 0) is 18.6 Å². The first-order chi connectivity index (χ1) is 8.29. The molecule has 0 saturated heterocycles. The summed E-state index contributed by atoms with van der Waals surface area (Å²) in [4.78, 5) is 10.7. The molecule has 5 heteroatoms. The number of hydrogen-bond acceptors (Lipinski definition) is 5. The number of fused-ring (bicyclic) bond motifs is 1. The average molecular weight is 238 g/mol. The predicted molar refractivity (Wildman–Crippen MR) is 58.8 cm³/mol. The molecule has 0 aromatic heterocycles. The minimum Gasteiger partial charge on any atom is -0.464 e. The second-order valence-electron chi connectivity index (χ2n) is 3.63. The molecule has 2 rings (SSSR count). The lowest BCUT2D eigenvalue weighted by Crippen LogP contribution is -2.19. The predicted octanol–water partition coefficient (Wildman–Crippen LogP) is 1.10. The van der Waals surface area contributed by atoms with E-state index in [-0.39, 0.29) is 12.9 Å². The Labute approximate surface area is 98.9 Å². The van der Waals surface area contributed by atoms with Crippen LogP contribution in [0.4, 0.5) is 0 Å². The van der Waals surface area contributed by atoms with Gasteiger partial charge in [-0.25, -0.2) is 4.79 Å². The molecule has 0 spiro atoms. The minimum absolute atomic E-state index is 0.263. The van der Waals surface area contributed by atoms with E-state index in [1.165, 1.54) is 0 Å². The summed E-state index contributed by atoms with van der Waals surface area (Å²) >= 11 is 0.